The van der Waals surface area contributed by atoms with Crippen molar-refractivity contribution in [2.24, 2.45) is 5.73 Å². The highest BCUT2D eigenvalue weighted by Gasteiger charge is 2.17. The number of rotatable bonds is 4. The van der Waals surface area contributed by atoms with Crippen LogP contribution in [0.1, 0.15) is 0 Å². The van der Waals surface area contributed by atoms with Crippen LogP contribution in [0.5, 0.6) is 0 Å². The van der Waals surface area contributed by atoms with Gasteiger partial charge in [-0.1, -0.05) is 18.2 Å². The highest BCUT2D eigenvalue weighted by molar-refractivity contribution is 6.34. The summed E-state index contributed by atoms with van der Waals surface area (Å²) in [6.45, 7) is 5.01. The first kappa shape index (κ1) is 14.3. The summed E-state index contributed by atoms with van der Waals surface area (Å²) in [6.07, 6.45) is 0. The van der Waals surface area contributed by atoms with E-state index in [0.29, 0.717) is 6.54 Å². The molecule has 0 aromatic heterocycles. The molecule has 1 aromatic rings. The molecule has 0 radical (unpaired) electrons. The maximum atomic E-state index is 11.0. The minimum Gasteiger partial charge on any atom is -0.369 e. The lowest BCUT2D eigenvalue weighted by atomic mass is 10.2. The molecule has 3 N–H and O–H groups in total. The van der Waals surface area contributed by atoms with Crippen molar-refractivity contribution >= 4 is 17.5 Å². The van der Waals surface area contributed by atoms with Crippen molar-refractivity contribution in [2.75, 3.05) is 44.2 Å². The molecule has 1 aliphatic rings. The Morgan fingerprint density at radius 3 is 2.35 bits per heavy atom. The molecular formula is C14H20N4O2. The number of nitrogens with zero attached hydrogens (tertiary/aromatic N) is 2. The lowest BCUT2D eigenvalue weighted by Gasteiger charge is -2.36. The van der Waals surface area contributed by atoms with Gasteiger partial charge in [0.1, 0.15) is 0 Å². The summed E-state index contributed by atoms with van der Waals surface area (Å²) in [7, 11) is 0. The van der Waals surface area contributed by atoms with Gasteiger partial charge in [-0.05, 0) is 12.1 Å². The fourth-order valence-electron chi connectivity index (χ4n) is 2.28. The average molecular weight is 276 g/mol. The molecule has 108 valence electrons. The summed E-state index contributed by atoms with van der Waals surface area (Å²) in [5, 5.41) is 2.50. The van der Waals surface area contributed by atoms with Gasteiger partial charge in [0.25, 0.3) is 0 Å². The zero-order valence-electron chi connectivity index (χ0n) is 11.4. The van der Waals surface area contributed by atoms with E-state index in [4.69, 9.17) is 5.73 Å². The molecule has 0 aliphatic carbocycles. The minimum atomic E-state index is -0.932. The fourth-order valence-corrected chi connectivity index (χ4v) is 2.28. The molecule has 0 bridgehead atoms. The molecule has 20 heavy (non-hydrogen) atoms. The number of primary amides is 1. The van der Waals surface area contributed by atoms with Gasteiger partial charge in [0.15, 0.2) is 0 Å². The van der Waals surface area contributed by atoms with Crippen molar-refractivity contribution in [1.82, 2.24) is 10.2 Å². The second kappa shape index (κ2) is 6.91. The summed E-state index contributed by atoms with van der Waals surface area (Å²) in [6, 6.07) is 10.3. The lowest BCUT2D eigenvalue weighted by molar-refractivity contribution is -0.137. The summed E-state index contributed by atoms with van der Waals surface area (Å²) in [4.78, 5) is 26.2. The van der Waals surface area contributed by atoms with Crippen molar-refractivity contribution in [3.63, 3.8) is 0 Å². The van der Waals surface area contributed by atoms with E-state index in [1.54, 1.807) is 0 Å². The van der Waals surface area contributed by atoms with Gasteiger partial charge < -0.3 is 16.0 Å². The van der Waals surface area contributed by atoms with Gasteiger partial charge in [0, 0.05) is 45.0 Å². The first-order chi connectivity index (χ1) is 9.66. The first-order valence-corrected chi connectivity index (χ1v) is 6.77. The molecule has 2 amide bonds. The van der Waals surface area contributed by atoms with Crippen molar-refractivity contribution in [2.45, 2.75) is 0 Å². The zero-order valence-corrected chi connectivity index (χ0v) is 11.4. The highest BCUT2D eigenvalue weighted by Crippen LogP contribution is 2.15. The molecule has 0 atom stereocenters. The number of nitrogens with two attached hydrogens (primary N) is 1. The Hall–Kier alpha value is -2.08. The van der Waals surface area contributed by atoms with Crippen LogP contribution in [0.15, 0.2) is 30.3 Å². The van der Waals surface area contributed by atoms with Crippen LogP contribution in [0.2, 0.25) is 0 Å². The Labute approximate surface area is 118 Å². The number of anilines is 1. The first-order valence-electron chi connectivity index (χ1n) is 6.77. The van der Waals surface area contributed by atoms with Crippen LogP contribution in [-0.4, -0.2) is 56.0 Å². The number of hydrogen-bond donors (Lipinski definition) is 2. The number of carbonyl (C=O) groups is 2. The highest BCUT2D eigenvalue weighted by atomic mass is 16.2. The summed E-state index contributed by atoms with van der Waals surface area (Å²) in [5.74, 6) is -1.65. The third-order valence-electron chi connectivity index (χ3n) is 3.43. The third kappa shape index (κ3) is 3.96. The number of hydrogen-bond acceptors (Lipinski definition) is 4. The zero-order chi connectivity index (χ0) is 14.4. The number of carbonyl (C=O) groups excluding carboxylic acids is 2. The largest absolute Gasteiger partial charge is 0.369 e. The molecule has 1 saturated heterocycles. The SMILES string of the molecule is NC(=O)C(=O)NCCN1CCN(c2ccccc2)CC1. The number of piperazine rings is 1. The standard InChI is InChI=1S/C14H20N4O2/c15-13(19)14(20)16-6-7-17-8-10-18(11-9-17)12-4-2-1-3-5-12/h1-5H,6-11H2,(H2,15,19)(H,16,20). The van der Waals surface area contributed by atoms with Crippen molar-refractivity contribution in [1.29, 1.82) is 0 Å². The van der Waals surface area contributed by atoms with Crippen LogP contribution in [0, 0.1) is 0 Å². The van der Waals surface area contributed by atoms with Gasteiger partial charge in [-0.25, -0.2) is 0 Å². The van der Waals surface area contributed by atoms with Crippen molar-refractivity contribution in [3.8, 4) is 0 Å². The van der Waals surface area contributed by atoms with Gasteiger partial charge in [-0.2, -0.15) is 0 Å². The average Bonchev–Trinajstić information content (AvgIpc) is 2.48. The maximum absolute atomic E-state index is 11.0. The van der Waals surface area contributed by atoms with Crippen LogP contribution in [0.25, 0.3) is 0 Å². The fraction of sp³-hybridized carbons (Fsp3) is 0.429. The van der Waals surface area contributed by atoms with Crippen LogP contribution >= 0.6 is 0 Å². The van der Waals surface area contributed by atoms with E-state index in [-0.39, 0.29) is 0 Å². The second-order valence-electron chi connectivity index (χ2n) is 4.78. The van der Waals surface area contributed by atoms with E-state index < -0.39 is 11.8 Å². The predicted molar refractivity (Wildman–Crippen MR) is 77.3 cm³/mol. The number of benzene rings is 1. The van der Waals surface area contributed by atoms with Crippen LogP contribution in [0.4, 0.5) is 5.69 Å². The Morgan fingerprint density at radius 2 is 1.75 bits per heavy atom. The van der Waals surface area contributed by atoms with E-state index in [9.17, 15) is 9.59 Å². The molecule has 0 saturated carbocycles. The quantitative estimate of drug-likeness (QED) is 0.721. The van der Waals surface area contributed by atoms with Crippen molar-refractivity contribution < 1.29 is 9.59 Å². The minimum absolute atomic E-state index is 0.451. The molecule has 1 aromatic carbocycles. The van der Waals surface area contributed by atoms with Crippen LogP contribution in [0.3, 0.4) is 0 Å². The Balaban J connectivity index is 1.70. The maximum Gasteiger partial charge on any atom is 0.309 e. The van der Waals surface area contributed by atoms with E-state index in [2.05, 4.69) is 27.2 Å². The Bertz CT molecular complexity index is 456. The van der Waals surface area contributed by atoms with E-state index in [0.717, 1.165) is 32.7 Å². The molecular weight excluding hydrogens is 256 g/mol. The molecule has 1 aliphatic heterocycles. The predicted octanol–water partition coefficient (Wildman–Crippen LogP) is -0.590. The van der Waals surface area contributed by atoms with E-state index >= 15 is 0 Å². The molecule has 1 fully saturated rings. The Kier molecular flexibility index (Phi) is 4.95. The van der Waals surface area contributed by atoms with Gasteiger partial charge in [0.2, 0.25) is 0 Å². The smallest absolute Gasteiger partial charge is 0.309 e. The second-order valence-corrected chi connectivity index (χ2v) is 4.78. The summed E-state index contributed by atoms with van der Waals surface area (Å²) in [5.41, 5.74) is 6.11. The van der Waals surface area contributed by atoms with Crippen LogP contribution < -0.4 is 16.0 Å². The van der Waals surface area contributed by atoms with Crippen molar-refractivity contribution in [3.05, 3.63) is 30.3 Å². The molecule has 0 spiro atoms. The topological polar surface area (TPSA) is 78.7 Å². The molecule has 2 rings (SSSR count). The van der Waals surface area contributed by atoms with E-state index in [1.165, 1.54) is 5.69 Å². The van der Waals surface area contributed by atoms with Gasteiger partial charge in [-0.15, -0.1) is 0 Å². The summed E-state index contributed by atoms with van der Waals surface area (Å²) < 4.78 is 0. The van der Waals surface area contributed by atoms with Gasteiger partial charge >= 0.3 is 11.8 Å². The number of nitrogens with one attached hydrogen (secondary N) is 1. The Morgan fingerprint density at radius 1 is 1.10 bits per heavy atom. The number of para-hydroxylation sites is 1. The normalized spacial score (nSPS) is 15.9. The molecule has 6 nitrogen and oxygen atoms in total. The summed E-state index contributed by atoms with van der Waals surface area (Å²) >= 11 is 0. The van der Waals surface area contributed by atoms with Gasteiger partial charge in [-0.3, -0.25) is 14.5 Å². The van der Waals surface area contributed by atoms with Crippen LogP contribution in [-0.2, 0) is 9.59 Å². The lowest BCUT2D eigenvalue weighted by Crippen LogP contribution is -2.49. The van der Waals surface area contributed by atoms with E-state index in [1.807, 2.05) is 18.2 Å². The number of amides is 2. The monoisotopic (exact) mass is 276 g/mol. The molecule has 6 heteroatoms. The molecule has 1 heterocycles. The third-order valence-corrected chi connectivity index (χ3v) is 3.43. The molecule has 0 unspecified atom stereocenters. The van der Waals surface area contributed by atoms with Gasteiger partial charge in [0.05, 0.1) is 0 Å².